The zero-order chi connectivity index (χ0) is 24.8. The van der Waals surface area contributed by atoms with Gasteiger partial charge in [0.2, 0.25) is 5.91 Å². The highest BCUT2D eigenvalue weighted by atomic mass is 16.6. The number of hydrogen-bond acceptors (Lipinski definition) is 6. The van der Waals surface area contributed by atoms with Gasteiger partial charge in [-0.1, -0.05) is 25.1 Å². The molecule has 186 valence electrons. The van der Waals surface area contributed by atoms with E-state index in [4.69, 9.17) is 0 Å². The molecule has 0 radical (unpaired) electrons. The summed E-state index contributed by atoms with van der Waals surface area (Å²) in [5, 5.41) is 17.7. The summed E-state index contributed by atoms with van der Waals surface area (Å²) >= 11 is 0. The number of para-hydroxylation sites is 1. The maximum atomic E-state index is 12.9. The van der Waals surface area contributed by atoms with Gasteiger partial charge in [0.05, 0.1) is 11.5 Å². The van der Waals surface area contributed by atoms with Crippen LogP contribution in [-0.2, 0) is 4.79 Å². The number of hydrogen-bond donors (Lipinski definition) is 2. The number of benzene rings is 2. The maximum absolute atomic E-state index is 12.9. The van der Waals surface area contributed by atoms with Gasteiger partial charge in [-0.3, -0.25) is 24.6 Å². The highest BCUT2D eigenvalue weighted by Gasteiger charge is 2.27. The molecule has 2 heterocycles. The SMILES string of the molecule is CC1CCCN(c2ccc(C(=O)NC3CCN(CC(=O)Nc4ccccc4)CC3)cc2[N+](=O)[O-])C1. The van der Waals surface area contributed by atoms with Crippen molar-refractivity contribution in [2.45, 2.75) is 38.6 Å². The van der Waals surface area contributed by atoms with E-state index in [9.17, 15) is 19.7 Å². The summed E-state index contributed by atoms with van der Waals surface area (Å²) in [5.41, 5.74) is 1.64. The van der Waals surface area contributed by atoms with Crippen LogP contribution >= 0.6 is 0 Å². The van der Waals surface area contributed by atoms with E-state index in [2.05, 4.69) is 27.4 Å². The molecule has 2 amide bonds. The molecular weight excluding hydrogens is 446 g/mol. The Bertz CT molecular complexity index is 1050. The number of nitrogens with one attached hydrogen (secondary N) is 2. The Balaban J connectivity index is 1.30. The molecule has 35 heavy (non-hydrogen) atoms. The third-order valence-corrected chi connectivity index (χ3v) is 6.78. The summed E-state index contributed by atoms with van der Waals surface area (Å²) in [6, 6.07) is 14.1. The van der Waals surface area contributed by atoms with Crippen LogP contribution in [0, 0.1) is 16.0 Å². The molecule has 4 rings (SSSR count). The van der Waals surface area contributed by atoms with E-state index in [1.165, 1.54) is 6.07 Å². The molecule has 0 aromatic heterocycles. The normalized spacial score (nSPS) is 19.2. The summed E-state index contributed by atoms with van der Waals surface area (Å²) in [7, 11) is 0. The topological polar surface area (TPSA) is 108 Å². The van der Waals surface area contributed by atoms with Crippen LogP contribution in [0.5, 0.6) is 0 Å². The molecule has 2 N–H and O–H groups in total. The number of piperidine rings is 2. The van der Waals surface area contributed by atoms with Crippen molar-refractivity contribution in [3.8, 4) is 0 Å². The van der Waals surface area contributed by atoms with E-state index >= 15 is 0 Å². The van der Waals surface area contributed by atoms with Crippen LogP contribution < -0.4 is 15.5 Å². The molecule has 2 aliphatic heterocycles. The fourth-order valence-electron chi connectivity index (χ4n) is 4.92. The summed E-state index contributed by atoms with van der Waals surface area (Å²) in [6.07, 6.45) is 3.57. The lowest BCUT2D eigenvalue weighted by Gasteiger charge is -2.32. The first-order valence-corrected chi connectivity index (χ1v) is 12.3. The molecule has 1 atom stereocenters. The van der Waals surface area contributed by atoms with E-state index in [1.54, 1.807) is 12.1 Å². The smallest absolute Gasteiger partial charge is 0.293 e. The number of anilines is 2. The Labute approximate surface area is 205 Å². The van der Waals surface area contributed by atoms with Crippen molar-refractivity contribution < 1.29 is 14.5 Å². The second-order valence-corrected chi connectivity index (χ2v) is 9.59. The van der Waals surface area contributed by atoms with Gasteiger partial charge in [0.25, 0.3) is 11.6 Å². The first-order chi connectivity index (χ1) is 16.9. The third kappa shape index (κ3) is 6.57. The van der Waals surface area contributed by atoms with Gasteiger partial charge in [-0.05, 0) is 55.9 Å². The van der Waals surface area contributed by atoms with Crippen LogP contribution in [0.2, 0.25) is 0 Å². The number of nitro benzene ring substituents is 1. The third-order valence-electron chi connectivity index (χ3n) is 6.78. The van der Waals surface area contributed by atoms with Crippen molar-refractivity contribution in [3.05, 3.63) is 64.2 Å². The van der Waals surface area contributed by atoms with Gasteiger partial charge in [-0.2, -0.15) is 0 Å². The van der Waals surface area contributed by atoms with Gasteiger partial charge in [0.1, 0.15) is 5.69 Å². The lowest BCUT2D eigenvalue weighted by atomic mass is 9.99. The standard InChI is InChI=1S/C26H33N5O4/c1-19-6-5-13-30(17-19)23-10-9-20(16-24(23)31(34)35)26(33)28-22-11-14-29(15-12-22)18-25(32)27-21-7-3-2-4-8-21/h2-4,7-10,16,19,22H,5-6,11-15,17-18H2,1H3,(H,27,32)(H,28,33). The summed E-state index contributed by atoms with van der Waals surface area (Å²) in [4.78, 5) is 40.6. The molecule has 1 unspecified atom stereocenters. The van der Waals surface area contributed by atoms with Gasteiger partial charge < -0.3 is 15.5 Å². The van der Waals surface area contributed by atoms with E-state index in [0.29, 0.717) is 36.8 Å². The lowest BCUT2D eigenvalue weighted by molar-refractivity contribution is -0.384. The molecule has 0 spiro atoms. The fraction of sp³-hybridized carbons (Fsp3) is 0.462. The molecular formula is C26H33N5O4. The van der Waals surface area contributed by atoms with Gasteiger partial charge in [-0.15, -0.1) is 0 Å². The van der Waals surface area contributed by atoms with Crippen LogP contribution in [0.25, 0.3) is 0 Å². The van der Waals surface area contributed by atoms with Crippen molar-refractivity contribution in [2.75, 3.05) is 42.9 Å². The van der Waals surface area contributed by atoms with Gasteiger partial charge in [0.15, 0.2) is 0 Å². The number of carbonyl (C=O) groups excluding carboxylic acids is 2. The van der Waals surface area contributed by atoms with Crippen LogP contribution in [0.1, 0.15) is 43.0 Å². The first kappa shape index (κ1) is 24.7. The summed E-state index contributed by atoms with van der Waals surface area (Å²) in [5.74, 6) is 0.128. The molecule has 0 bridgehead atoms. The van der Waals surface area contributed by atoms with Crippen molar-refractivity contribution in [3.63, 3.8) is 0 Å². The van der Waals surface area contributed by atoms with Crippen LogP contribution in [0.15, 0.2) is 48.5 Å². The molecule has 2 fully saturated rings. The molecule has 9 heteroatoms. The summed E-state index contributed by atoms with van der Waals surface area (Å²) < 4.78 is 0. The molecule has 2 aromatic rings. The van der Waals surface area contributed by atoms with E-state index in [-0.39, 0.29) is 23.5 Å². The predicted molar refractivity (Wildman–Crippen MR) is 136 cm³/mol. The number of nitro groups is 1. The average molecular weight is 480 g/mol. The minimum atomic E-state index is -0.398. The zero-order valence-corrected chi connectivity index (χ0v) is 20.1. The molecule has 0 saturated carbocycles. The molecule has 9 nitrogen and oxygen atoms in total. The van der Waals surface area contributed by atoms with Crippen LogP contribution in [-0.4, -0.2) is 60.4 Å². The van der Waals surface area contributed by atoms with Gasteiger partial charge in [0, 0.05) is 49.5 Å². The number of likely N-dealkylation sites (tertiary alicyclic amines) is 1. The number of amides is 2. The summed E-state index contributed by atoms with van der Waals surface area (Å²) in [6.45, 7) is 5.42. The highest BCUT2D eigenvalue weighted by Crippen LogP contribution is 2.32. The minimum Gasteiger partial charge on any atom is -0.366 e. The monoisotopic (exact) mass is 479 g/mol. The molecule has 2 aliphatic rings. The van der Waals surface area contributed by atoms with Crippen LogP contribution in [0.4, 0.5) is 17.1 Å². The van der Waals surface area contributed by atoms with Crippen molar-refractivity contribution >= 4 is 28.9 Å². The quantitative estimate of drug-likeness (QED) is 0.464. The lowest BCUT2D eigenvalue weighted by Crippen LogP contribution is -2.46. The predicted octanol–water partition coefficient (Wildman–Crippen LogP) is 3.66. The molecule has 0 aliphatic carbocycles. The maximum Gasteiger partial charge on any atom is 0.293 e. The second kappa shape index (κ2) is 11.3. The first-order valence-electron chi connectivity index (χ1n) is 12.3. The Morgan fingerprint density at radius 3 is 2.49 bits per heavy atom. The minimum absolute atomic E-state index is 0.0222. The van der Waals surface area contributed by atoms with Crippen LogP contribution in [0.3, 0.4) is 0 Å². The average Bonchev–Trinajstić information content (AvgIpc) is 2.85. The fourth-order valence-corrected chi connectivity index (χ4v) is 4.92. The van der Waals surface area contributed by atoms with Crippen molar-refractivity contribution in [2.24, 2.45) is 5.92 Å². The van der Waals surface area contributed by atoms with Crippen molar-refractivity contribution in [1.82, 2.24) is 10.2 Å². The van der Waals surface area contributed by atoms with Gasteiger partial charge >= 0.3 is 0 Å². The molecule has 2 aromatic carbocycles. The number of carbonyl (C=O) groups is 2. The molecule has 2 saturated heterocycles. The van der Waals surface area contributed by atoms with Gasteiger partial charge in [-0.25, -0.2) is 0 Å². The Morgan fingerprint density at radius 1 is 1.06 bits per heavy atom. The van der Waals surface area contributed by atoms with E-state index in [1.807, 2.05) is 30.3 Å². The van der Waals surface area contributed by atoms with E-state index in [0.717, 1.165) is 44.5 Å². The van der Waals surface area contributed by atoms with E-state index < -0.39 is 4.92 Å². The second-order valence-electron chi connectivity index (χ2n) is 9.59. The Hall–Kier alpha value is -3.46. The van der Waals surface area contributed by atoms with Crippen molar-refractivity contribution in [1.29, 1.82) is 0 Å². The zero-order valence-electron chi connectivity index (χ0n) is 20.1. The number of nitrogens with zero attached hydrogens (tertiary/aromatic N) is 3. The number of rotatable bonds is 7. The highest BCUT2D eigenvalue weighted by molar-refractivity contribution is 5.96. The Kier molecular flexibility index (Phi) is 7.97. The Morgan fingerprint density at radius 2 is 1.80 bits per heavy atom. The largest absolute Gasteiger partial charge is 0.366 e.